The fourth-order valence-corrected chi connectivity index (χ4v) is 4.10. The molecule has 3 aromatic rings. The van der Waals surface area contributed by atoms with Gasteiger partial charge in [0.05, 0.1) is 13.0 Å². The smallest absolute Gasteiger partial charge is 0.236 e. The van der Waals surface area contributed by atoms with Crippen LogP contribution in [0.3, 0.4) is 0 Å². The van der Waals surface area contributed by atoms with Crippen LogP contribution in [-0.4, -0.2) is 18.8 Å². The Labute approximate surface area is 189 Å². The molecule has 3 aromatic carbocycles. The Kier molecular flexibility index (Phi) is 5.98. The normalized spacial score (nSPS) is 15.3. The van der Waals surface area contributed by atoms with Crippen molar-refractivity contribution < 1.29 is 14.3 Å². The van der Waals surface area contributed by atoms with Crippen LogP contribution in [0.15, 0.2) is 78.5 Å². The van der Waals surface area contributed by atoms with E-state index in [4.69, 9.17) is 27.9 Å². The number of nitrogens with one attached hydrogen (secondary N) is 2. The van der Waals surface area contributed by atoms with E-state index in [1.165, 1.54) is 0 Å². The Morgan fingerprint density at radius 2 is 1.77 bits per heavy atom. The van der Waals surface area contributed by atoms with E-state index in [2.05, 4.69) is 10.6 Å². The van der Waals surface area contributed by atoms with E-state index in [0.717, 1.165) is 5.69 Å². The first-order valence-corrected chi connectivity index (χ1v) is 10.2. The van der Waals surface area contributed by atoms with E-state index in [1.807, 2.05) is 18.2 Å². The van der Waals surface area contributed by atoms with Crippen LogP contribution in [0.1, 0.15) is 21.8 Å². The quantitative estimate of drug-likeness (QED) is 0.359. The van der Waals surface area contributed by atoms with E-state index in [0.29, 0.717) is 32.6 Å². The number of Topliss-reactive ketones (excluding diaryl/α,β-unsaturated/α-hetero) is 1. The molecule has 156 valence electrons. The second-order valence-electron chi connectivity index (χ2n) is 6.94. The lowest BCUT2D eigenvalue weighted by Gasteiger charge is -2.15. The first kappa shape index (κ1) is 21.0. The third kappa shape index (κ3) is 4.29. The largest absolute Gasteiger partial charge is 0.497 e. The van der Waals surface area contributed by atoms with Gasteiger partial charge < -0.3 is 15.4 Å². The third-order valence-corrected chi connectivity index (χ3v) is 5.53. The Morgan fingerprint density at radius 1 is 1.06 bits per heavy atom. The molecule has 0 saturated heterocycles. The van der Waals surface area contributed by atoms with Crippen LogP contribution in [0.2, 0.25) is 10.0 Å². The van der Waals surface area contributed by atoms with Gasteiger partial charge in [-0.05, 0) is 36.4 Å². The van der Waals surface area contributed by atoms with Crippen LogP contribution in [0, 0.1) is 0 Å². The van der Waals surface area contributed by atoms with Gasteiger partial charge in [-0.25, -0.2) is 0 Å². The topological polar surface area (TPSA) is 67.4 Å². The molecule has 5 nitrogen and oxygen atoms in total. The van der Waals surface area contributed by atoms with Gasteiger partial charge in [-0.3, -0.25) is 9.59 Å². The summed E-state index contributed by atoms with van der Waals surface area (Å²) in [5.41, 5.74) is 2.51. The van der Waals surface area contributed by atoms with Crippen molar-refractivity contribution in [2.45, 2.75) is 5.92 Å². The van der Waals surface area contributed by atoms with E-state index < -0.39 is 5.92 Å². The van der Waals surface area contributed by atoms with Crippen molar-refractivity contribution in [2.24, 2.45) is 0 Å². The third-order valence-electron chi connectivity index (χ3n) is 5.00. The van der Waals surface area contributed by atoms with Crippen molar-refractivity contribution in [1.29, 1.82) is 0 Å². The predicted molar refractivity (Wildman–Crippen MR) is 123 cm³/mol. The van der Waals surface area contributed by atoms with Crippen molar-refractivity contribution in [3.8, 4) is 5.75 Å². The summed E-state index contributed by atoms with van der Waals surface area (Å²) in [5.74, 6) is -0.784. The zero-order chi connectivity index (χ0) is 22.0. The van der Waals surface area contributed by atoms with Crippen LogP contribution >= 0.6 is 23.2 Å². The number of rotatable bonds is 6. The molecule has 4 rings (SSSR count). The standard InChI is InChI=1S/C24H18Cl2N2O3/c1-31-17-9-7-16(8-10-17)27-13-18(23(29)14-5-3-2-4-6-14)21-22-19(26)11-15(25)12-20(22)28-24(21)30/h2-13,21,27H,1H3,(H,28,30)/b18-13+. The molecule has 1 amide bonds. The van der Waals surface area contributed by atoms with Gasteiger partial charge in [0.25, 0.3) is 0 Å². The number of anilines is 2. The highest BCUT2D eigenvalue weighted by Crippen LogP contribution is 2.44. The molecule has 1 heterocycles. The molecule has 0 aliphatic carbocycles. The molecule has 7 heteroatoms. The van der Waals surface area contributed by atoms with E-state index in [1.54, 1.807) is 61.8 Å². The number of amides is 1. The average Bonchev–Trinajstić information content (AvgIpc) is 3.10. The monoisotopic (exact) mass is 452 g/mol. The fraction of sp³-hybridized carbons (Fsp3) is 0.0833. The minimum absolute atomic E-state index is 0.266. The fourth-order valence-electron chi connectivity index (χ4n) is 3.50. The van der Waals surface area contributed by atoms with Gasteiger partial charge in [-0.1, -0.05) is 53.5 Å². The maximum Gasteiger partial charge on any atom is 0.236 e. The maximum absolute atomic E-state index is 13.4. The van der Waals surface area contributed by atoms with Gasteiger partial charge in [-0.15, -0.1) is 0 Å². The van der Waals surface area contributed by atoms with Gasteiger partial charge in [0.2, 0.25) is 5.91 Å². The van der Waals surface area contributed by atoms with Crippen molar-refractivity contribution >= 4 is 46.3 Å². The highest BCUT2D eigenvalue weighted by atomic mass is 35.5. The Hall–Kier alpha value is -3.28. The summed E-state index contributed by atoms with van der Waals surface area (Å²) >= 11 is 12.5. The molecule has 0 saturated carbocycles. The number of carbonyl (C=O) groups is 2. The van der Waals surface area contributed by atoms with Gasteiger partial charge in [0.15, 0.2) is 5.78 Å². The molecule has 0 radical (unpaired) electrons. The Morgan fingerprint density at radius 3 is 2.45 bits per heavy atom. The first-order chi connectivity index (χ1) is 15.0. The van der Waals surface area contributed by atoms with Crippen molar-refractivity contribution in [2.75, 3.05) is 17.7 Å². The second-order valence-corrected chi connectivity index (χ2v) is 7.78. The van der Waals surface area contributed by atoms with Crippen molar-refractivity contribution in [3.63, 3.8) is 0 Å². The molecular weight excluding hydrogens is 435 g/mol. The van der Waals surface area contributed by atoms with Crippen LogP contribution in [0.4, 0.5) is 11.4 Å². The molecule has 0 fully saturated rings. The van der Waals surface area contributed by atoms with Crippen LogP contribution in [-0.2, 0) is 4.79 Å². The summed E-state index contributed by atoms with van der Waals surface area (Å²) in [6, 6.07) is 19.2. The van der Waals surface area contributed by atoms with Gasteiger partial charge in [0.1, 0.15) is 5.75 Å². The van der Waals surface area contributed by atoms with Crippen molar-refractivity contribution in [1.82, 2.24) is 0 Å². The molecular formula is C24H18Cl2N2O3. The van der Waals surface area contributed by atoms with Crippen molar-refractivity contribution in [3.05, 3.63) is 99.7 Å². The number of halogens is 2. The van der Waals surface area contributed by atoms with E-state index in [-0.39, 0.29) is 17.3 Å². The maximum atomic E-state index is 13.4. The minimum atomic E-state index is -0.877. The van der Waals surface area contributed by atoms with E-state index >= 15 is 0 Å². The van der Waals surface area contributed by atoms with Gasteiger partial charge >= 0.3 is 0 Å². The summed E-state index contributed by atoms with van der Waals surface area (Å²) in [6.07, 6.45) is 1.56. The predicted octanol–water partition coefficient (Wildman–Crippen LogP) is 5.92. The number of carbonyl (C=O) groups excluding carboxylic acids is 2. The number of fused-ring (bicyclic) bond motifs is 1. The van der Waals surface area contributed by atoms with Crippen LogP contribution in [0.5, 0.6) is 5.75 Å². The van der Waals surface area contributed by atoms with Gasteiger partial charge in [0, 0.05) is 44.3 Å². The summed E-state index contributed by atoms with van der Waals surface area (Å²) in [7, 11) is 1.59. The van der Waals surface area contributed by atoms with E-state index in [9.17, 15) is 9.59 Å². The molecule has 1 aliphatic heterocycles. The Bertz CT molecular complexity index is 1180. The van der Waals surface area contributed by atoms with Crippen LogP contribution < -0.4 is 15.4 Å². The number of ether oxygens (including phenoxy) is 1. The molecule has 0 aromatic heterocycles. The lowest BCUT2D eigenvalue weighted by molar-refractivity contribution is -0.116. The molecule has 1 unspecified atom stereocenters. The van der Waals surface area contributed by atoms with Crippen LogP contribution in [0.25, 0.3) is 0 Å². The van der Waals surface area contributed by atoms with Gasteiger partial charge in [-0.2, -0.15) is 0 Å². The molecule has 2 N–H and O–H groups in total. The number of hydrogen-bond acceptors (Lipinski definition) is 4. The average molecular weight is 453 g/mol. The number of methoxy groups -OCH3 is 1. The molecule has 0 spiro atoms. The summed E-state index contributed by atoms with van der Waals surface area (Å²) < 4.78 is 5.17. The Balaban J connectivity index is 1.78. The highest BCUT2D eigenvalue weighted by molar-refractivity contribution is 6.37. The lowest BCUT2D eigenvalue weighted by atomic mass is 9.87. The number of benzene rings is 3. The zero-order valence-corrected chi connectivity index (χ0v) is 18.0. The minimum Gasteiger partial charge on any atom is -0.497 e. The summed E-state index contributed by atoms with van der Waals surface area (Å²) in [5, 5.41) is 6.63. The highest BCUT2D eigenvalue weighted by Gasteiger charge is 2.38. The molecule has 1 atom stereocenters. The first-order valence-electron chi connectivity index (χ1n) is 9.48. The molecule has 1 aliphatic rings. The molecule has 0 bridgehead atoms. The summed E-state index contributed by atoms with van der Waals surface area (Å²) in [4.78, 5) is 26.3. The number of ketones is 1. The second kappa shape index (κ2) is 8.84. The zero-order valence-electron chi connectivity index (χ0n) is 16.5. The lowest BCUT2D eigenvalue weighted by Crippen LogP contribution is -2.20. The molecule has 31 heavy (non-hydrogen) atoms. The number of hydrogen-bond donors (Lipinski definition) is 2. The SMILES string of the molecule is COc1ccc(N/C=C(/C(=O)c2ccccc2)C2C(=O)Nc3cc(Cl)cc(Cl)c32)cc1. The summed E-state index contributed by atoms with van der Waals surface area (Å²) in [6.45, 7) is 0.